The zero-order chi connectivity index (χ0) is 15.2. The smallest absolute Gasteiger partial charge is 0.0625 e. The lowest BCUT2D eigenvalue weighted by molar-refractivity contribution is 0.110. The molecule has 2 rings (SSSR count). The predicted octanol–water partition coefficient (Wildman–Crippen LogP) is 2.82. The van der Waals surface area contributed by atoms with E-state index in [1.54, 1.807) is 0 Å². The van der Waals surface area contributed by atoms with Gasteiger partial charge in [-0.2, -0.15) is 5.10 Å². The molecule has 4 heteroatoms. The summed E-state index contributed by atoms with van der Waals surface area (Å²) < 4.78 is 2.19. The number of piperazine rings is 1. The molecule has 2 heterocycles. The Morgan fingerprint density at radius 1 is 1.29 bits per heavy atom. The van der Waals surface area contributed by atoms with Gasteiger partial charge in [0.15, 0.2) is 0 Å². The van der Waals surface area contributed by atoms with E-state index in [0.717, 1.165) is 32.6 Å². The zero-order valence-corrected chi connectivity index (χ0v) is 14.2. The van der Waals surface area contributed by atoms with Gasteiger partial charge in [0.05, 0.1) is 11.4 Å². The third-order valence-corrected chi connectivity index (χ3v) is 4.67. The highest BCUT2D eigenvalue weighted by molar-refractivity contribution is 5.11. The molecule has 2 atom stereocenters. The van der Waals surface area contributed by atoms with Crippen LogP contribution in [0.2, 0.25) is 0 Å². The molecule has 1 saturated heterocycles. The summed E-state index contributed by atoms with van der Waals surface area (Å²) in [4.78, 5) is 2.68. The number of nitrogens with zero attached hydrogens (tertiary/aromatic N) is 3. The average molecular weight is 292 g/mol. The highest BCUT2D eigenvalue weighted by atomic mass is 15.3. The second-order valence-corrected chi connectivity index (χ2v) is 6.18. The van der Waals surface area contributed by atoms with Gasteiger partial charge in [-0.3, -0.25) is 9.58 Å². The molecule has 0 amide bonds. The first-order chi connectivity index (χ1) is 10.2. The van der Waals surface area contributed by atoms with Crippen LogP contribution in [0.1, 0.15) is 58.3 Å². The summed E-state index contributed by atoms with van der Waals surface area (Å²) >= 11 is 0. The van der Waals surface area contributed by atoms with Gasteiger partial charge in [0, 0.05) is 38.3 Å². The van der Waals surface area contributed by atoms with E-state index in [2.05, 4.69) is 48.7 Å². The summed E-state index contributed by atoms with van der Waals surface area (Å²) in [5.74, 6) is 0. The van der Waals surface area contributed by atoms with Crippen molar-refractivity contribution < 1.29 is 0 Å². The number of hydrogen-bond acceptors (Lipinski definition) is 3. The van der Waals surface area contributed by atoms with Crippen LogP contribution in [0.4, 0.5) is 0 Å². The van der Waals surface area contributed by atoms with Crippen molar-refractivity contribution in [2.45, 2.75) is 78.6 Å². The summed E-state index contributed by atoms with van der Waals surface area (Å²) in [6, 6.07) is 3.61. The van der Waals surface area contributed by atoms with Gasteiger partial charge >= 0.3 is 0 Å². The fourth-order valence-electron chi connectivity index (χ4n) is 3.31. The Kier molecular flexibility index (Phi) is 6.24. The van der Waals surface area contributed by atoms with Crippen molar-refractivity contribution in [1.82, 2.24) is 20.0 Å². The summed E-state index contributed by atoms with van der Waals surface area (Å²) in [6.45, 7) is 13.2. The van der Waals surface area contributed by atoms with Crippen molar-refractivity contribution in [1.29, 1.82) is 0 Å². The van der Waals surface area contributed by atoms with Gasteiger partial charge in [-0.1, -0.05) is 27.2 Å². The largest absolute Gasteiger partial charge is 0.311 e. The number of hydrogen-bond donors (Lipinski definition) is 1. The molecule has 0 saturated carbocycles. The first-order valence-corrected chi connectivity index (χ1v) is 8.74. The average Bonchev–Trinajstić information content (AvgIpc) is 2.91. The van der Waals surface area contributed by atoms with E-state index >= 15 is 0 Å². The van der Waals surface area contributed by atoms with E-state index in [-0.39, 0.29) is 0 Å². The summed E-state index contributed by atoms with van der Waals surface area (Å²) in [7, 11) is 0. The van der Waals surface area contributed by atoms with Crippen molar-refractivity contribution >= 4 is 0 Å². The predicted molar refractivity (Wildman–Crippen MR) is 88.5 cm³/mol. The first kappa shape index (κ1) is 16.5. The van der Waals surface area contributed by atoms with E-state index in [1.165, 1.54) is 30.7 Å². The van der Waals surface area contributed by atoms with Crippen LogP contribution in [0.15, 0.2) is 6.07 Å². The van der Waals surface area contributed by atoms with E-state index in [9.17, 15) is 0 Å². The van der Waals surface area contributed by atoms with E-state index < -0.39 is 0 Å². The molecule has 1 fully saturated rings. The van der Waals surface area contributed by atoms with Crippen molar-refractivity contribution in [3.63, 3.8) is 0 Å². The molecule has 1 aliphatic rings. The van der Waals surface area contributed by atoms with Gasteiger partial charge in [0.1, 0.15) is 0 Å². The molecule has 0 spiro atoms. The van der Waals surface area contributed by atoms with Crippen molar-refractivity contribution in [3.8, 4) is 0 Å². The minimum Gasteiger partial charge on any atom is -0.311 e. The van der Waals surface area contributed by atoms with Gasteiger partial charge in [-0.25, -0.2) is 0 Å². The molecular formula is C17H32N4. The standard InChI is InChI=1S/C17H32N4/c1-5-9-16-11-18-15(7-3)12-20(16)13-17-10-14(6-2)19-21(17)8-4/h10,15-16,18H,5-9,11-13H2,1-4H3. The van der Waals surface area contributed by atoms with E-state index in [1.807, 2.05) is 0 Å². The lowest BCUT2D eigenvalue weighted by atomic mass is 10.0. The molecule has 1 aromatic rings. The normalized spacial score (nSPS) is 23.6. The molecule has 1 aliphatic heterocycles. The van der Waals surface area contributed by atoms with Crippen LogP contribution in [0.25, 0.3) is 0 Å². The fraction of sp³-hybridized carbons (Fsp3) is 0.824. The molecule has 0 radical (unpaired) electrons. The molecule has 0 aromatic carbocycles. The molecule has 0 bridgehead atoms. The lowest BCUT2D eigenvalue weighted by Crippen LogP contribution is -2.55. The van der Waals surface area contributed by atoms with Gasteiger partial charge < -0.3 is 5.32 Å². The van der Waals surface area contributed by atoms with Gasteiger partial charge in [0.2, 0.25) is 0 Å². The van der Waals surface area contributed by atoms with Crippen molar-refractivity contribution in [2.24, 2.45) is 0 Å². The number of aryl methyl sites for hydroxylation is 2. The quantitative estimate of drug-likeness (QED) is 0.839. The van der Waals surface area contributed by atoms with Crippen molar-refractivity contribution in [2.75, 3.05) is 13.1 Å². The van der Waals surface area contributed by atoms with Gasteiger partial charge in [-0.05, 0) is 32.3 Å². The molecule has 1 aromatic heterocycles. The van der Waals surface area contributed by atoms with E-state index in [0.29, 0.717) is 12.1 Å². The third kappa shape index (κ3) is 4.07. The monoisotopic (exact) mass is 292 g/mol. The number of rotatable bonds is 7. The van der Waals surface area contributed by atoms with Crippen molar-refractivity contribution in [3.05, 3.63) is 17.5 Å². The van der Waals surface area contributed by atoms with Crippen LogP contribution in [0.3, 0.4) is 0 Å². The molecule has 4 nitrogen and oxygen atoms in total. The Bertz CT molecular complexity index is 426. The molecule has 120 valence electrons. The zero-order valence-electron chi connectivity index (χ0n) is 14.2. The Balaban J connectivity index is 2.11. The maximum atomic E-state index is 4.70. The van der Waals surface area contributed by atoms with Crippen LogP contribution in [0.5, 0.6) is 0 Å². The van der Waals surface area contributed by atoms with Crippen LogP contribution in [-0.2, 0) is 19.5 Å². The second-order valence-electron chi connectivity index (χ2n) is 6.18. The Morgan fingerprint density at radius 3 is 2.71 bits per heavy atom. The minimum atomic E-state index is 0.641. The molecular weight excluding hydrogens is 260 g/mol. The molecule has 2 unspecified atom stereocenters. The molecule has 0 aliphatic carbocycles. The fourth-order valence-corrected chi connectivity index (χ4v) is 3.31. The first-order valence-electron chi connectivity index (χ1n) is 8.74. The maximum Gasteiger partial charge on any atom is 0.0625 e. The molecule has 1 N–H and O–H groups in total. The SMILES string of the molecule is CCCC1CNC(CC)CN1Cc1cc(CC)nn1CC. The highest BCUT2D eigenvalue weighted by Crippen LogP contribution is 2.18. The van der Waals surface area contributed by atoms with Gasteiger partial charge in [0.25, 0.3) is 0 Å². The number of aromatic nitrogens is 2. The summed E-state index contributed by atoms with van der Waals surface area (Å²) in [5, 5.41) is 8.40. The van der Waals surface area contributed by atoms with Crippen LogP contribution < -0.4 is 5.32 Å². The second kappa shape index (κ2) is 7.95. The Morgan fingerprint density at radius 2 is 2.10 bits per heavy atom. The van der Waals surface area contributed by atoms with Gasteiger partial charge in [-0.15, -0.1) is 0 Å². The van der Waals surface area contributed by atoms with Crippen LogP contribution >= 0.6 is 0 Å². The Labute approximate surface area is 129 Å². The van der Waals surface area contributed by atoms with Crippen LogP contribution in [-0.4, -0.2) is 39.9 Å². The maximum absolute atomic E-state index is 4.70. The third-order valence-electron chi connectivity index (χ3n) is 4.67. The lowest BCUT2D eigenvalue weighted by Gasteiger charge is -2.40. The number of nitrogens with one attached hydrogen (secondary N) is 1. The molecule has 21 heavy (non-hydrogen) atoms. The minimum absolute atomic E-state index is 0.641. The Hall–Kier alpha value is -0.870. The van der Waals surface area contributed by atoms with E-state index in [4.69, 9.17) is 5.10 Å². The summed E-state index contributed by atoms with van der Waals surface area (Å²) in [6.07, 6.45) is 4.78. The summed E-state index contributed by atoms with van der Waals surface area (Å²) in [5.41, 5.74) is 2.60. The topological polar surface area (TPSA) is 33.1 Å². The van der Waals surface area contributed by atoms with Crippen LogP contribution in [0, 0.1) is 0 Å². The highest BCUT2D eigenvalue weighted by Gasteiger charge is 2.27.